The highest BCUT2D eigenvalue weighted by molar-refractivity contribution is 9.10. The number of anilines is 1. The molecule has 1 saturated heterocycles. The number of hydrogen-bond donors (Lipinski definition) is 2. The molecule has 4 nitrogen and oxygen atoms in total. The van der Waals surface area contributed by atoms with Crippen LogP contribution in [-0.4, -0.2) is 31.1 Å². The second-order valence-corrected chi connectivity index (χ2v) is 7.92. The third-order valence-electron chi connectivity index (χ3n) is 5.21. The van der Waals surface area contributed by atoms with Crippen LogP contribution in [0.5, 0.6) is 0 Å². The van der Waals surface area contributed by atoms with Gasteiger partial charge in [-0.1, -0.05) is 41.3 Å². The maximum absolute atomic E-state index is 12.4. The van der Waals surface area contributed by atoms with E-state index >= 15 is 0 Å². The molecule has 2 aliphatic rings. The number of hydrogen-bond acceptors (Lipinski definition) is 3. The Balaban J connectivity index is 1.49. The van der Waals surface area contributed by atoms with Gasteiger partial charge in [-0.2, -0.15) is 0 Å². The predicted octanol–water partition coefficient (Wildman–Crippen LogP) is 3.05. The smallest absolute Gasteiger partial charge is 0.240 e. The lowest BCUT2D eigenvalue weighted by Gasteiger charge is -2.32. The SMILES string of the molecule is NC1(C(=O)NCC2CCN(c3cccc(Br)c3)C2)CCCCC1. The first-order chi connectivity index (χ1) is 11.1. The summed E-state index contributed by atoms with van der Waals surface area (Å²) in [6.07, 6.45) is 6.12. The van der Waals surface area contributed by atoms with Crippen molar-refractivity contribution >= 4 is 27.5 Å². The van der Waals surface area contributed by atoms with Crippen molar-refractivity contribution in [1.29, 1.82) is 0 Å². The topological polar surface area (TPSA) is 58.4 Å². The summed E-state index contributed by atoms with van der Waals surface area (Å²) in [6.45, 7) is 2.78. The minimum Gasteiger partial charge on any atom is -0.371 e. The zero-order valence-electron chi connectivity index (χ0n) is 13.6. The number of nitrogens with two attached hydrogens (primary N) is 1. The number of nitrogens with one attached hydrogen (secondary N) is 1. The molecule has 0 aromatic heterocycles. The Kier molecular flexibility index (Phi) is 5.27. The Morgan fingerprint density at radius 1 is 1.35 bits per heavy atom. The molecule has 0 spiro atoms. The van der Waals surface area contributed by atoms with Crippen molar-refractivity contribution in [2.75, 3.05) is 24.5 Å². The van der Waals surface area contributed by atoms with E-state index < -0.39 is 5.54 Å². The van der Waals surface area contributed by atoms with Crippen LogP contribution in [0.1, 0.15) is 38.5 Å². The molecule has 1 aromatic carbocycles. The van der Waals surface area contributed by atoms with Gasteiger partial charge < -0.3 is 16.0 Å². The summed E-state index contributed by atoms with van der Waals surface area (Å²) >= 11 is 3.53. The number of rotatable bonds is 4. The van der Waals surface area contributed by atoms with Gasteiger partial charge in [-0.25, -0.2) is 0 Å². The van der Waals surface area contributed by atoms with Gasteiger partial charge in [-0.15, -0.1) is 0 Å². The summed E-state index contributed by atoms with van der Waals surface area (Å²) in [5.41, 5.74) is 6.92. The van der Waals surface area contributed by atoms with Crippen LogP contribution in [0, 0.1) is 5.92 Å². The van der Waals surface area contributed by atoms with Crippen LogP contribution >= 0.6 is 15.9 Å². The molecule has 3 N–H and O–H groups in total. The van der Waals surface area contributed by atoms with E-state index in [1.165, 1.54) is 12.1 Å². The first kappa shape index (κ1) is 16.8. The molecule has 1 aromatic rings. The van der Waals surface area contributed by atoms with Crippen molar-refractivity contribution in [3.05, 3.63) is 28.7 Å². The molecule has 0 bridgehead atoms. The normalized spacial score (nSPS) is 23.7. The second kappa shape index (κ2) is 7.22. The highest BCUT2D eigenvalue weighted by Gasteiger charge is 2.35. The highest BCUT2D eigenvalue weighted by atomic mass is 79.9. The van der Waals surface area contributed by atoms with Gasteiger partial charge in [0.15, 0.2) is 0 Å². The first-order valence-corrected chi connectivity index (χ1v) is 9.44. The van der Waals surface area contributed by atoms with Crippen LogP contribution in [0.4, 0.5) is 5.69 Å². The van der Waals surface area contributed by atoms with E-state index in [4.69, 9.17) is 5.73 Å². The molecule has 1 saturated carbocycles. The number of amides is 1. The summed E-state index contributed by atoms with van der Waals surface area (Å²) < 4.78 is 1.11. The molecule has 1 heterocycles. The third-order valence-corrected chi connectivity index (χ3v) is 5.70. The fraction of sp³-hybridized carbons (Fsp3) is 0.611. The van der Waals surface area contributed by atoms with Gasteiger partial charge in [0.25, 0.3) is 0 Å². The maximum atomic E-state index is 12.4. The Morgan fingerprint density at radius 2 is 2.13 bits per heavy atom. The first-order valence-electron chi connectivity index (χ1n) is 8.64. The van der Waals surface area contributed by atoms with E-state index in [9.17, 15) is 4.79 Å². The lowest BCUT2D eigenvalue weighted by atomic mass is 9.82. The molecule has 126 valence electrons. The molecule has 23 heavy (non-hydrogen) atoms. The van der Waals surface area contributed by atoms with Crippen LogP contribution in [0.15, 0.2) is 28.7 Å². The summed E-state index contributed by atoms with van der Waals surface area (Å²) in [4.78, 5) is 14.8. The Labute approximate surface area is 146 Å². The Hall–Kier alpha value is -1.07. The van der Waals surface area contributed by atoms with Gasteiger partial charge >= 0.3 is 0 Å². The van der Waals surface area contributed by atoms with E-state index in [1.54, 1.807) is 0 Å². The van der Waals surface area contributed by atoms with Crippen LogP contribution in [0.25, 0.3) is 0 Å². The molecule has 3 rings (SSSR count). The van der Waals surface area contributed by atoms with Crippen LogP contribution in [0.3, 0.4) is 0 Å². The molecular weight excluding hydrogens is 354 g/mol. The minimum atomic E-state index is -0.624. The van der Waals surface area contributed by atoms with E-state index in [2.05, 4.69) is 44.3 Å². The molecule has 0 radical (unpaired) electrons. The molecule has 1 aliphatic heterocycles. The van der Waals surface area contributed by atoms with E-state index in [0.717, 1.165) is 56.2 Å². The highest BCUT2D eigenvalue weighted by Crippen LogP contribution is 2.27. The molecule has 1 amide bonds. The Morgan fingerprint density at radius 3 is 2.87 bits per heavy atom. The lowest BCUT2D eigenvalue weighted by molar-refractivity contribution is -0.127. The van der Waals surface area contributed by atoms with Crippen LogP contribution < -0.4 is 16.0 Å². The zero-order chi connectivity index (χ0) is 16.3. The minimum absolute atomic E-state index is 0.0538. The summed E-state index contributed by atoms with van der Waals surface area (Å²) in [5, 5.41) is 3.12. The predicted molar refractivity (Wildman–Crippen MR) is 97.5 cm³/mol. The maximum Gasteiger partial charge on any atom is 0.240 e. The van der Waals surface area contributed by atoms with Crippen molar-refractivity contribution in [3.63, 3.8) is 0 Å². The number of halogens is 1. The quantitative estimate of drug-likeness (QED) is 0.844. The molecular formula is C18H26BrN3O. The fourth-order valence-electron chi connectivity index (χ4n) is 3.73. The molecule has 1 unspecified atom stereocenters. The lowest BCUT2D eigenvalue weighted by Crippen LogP contribution is -2.55. The van der Waals surface area contributed by atoms with Gasteiger partial charge in [0.2, 0.25) is 5.91 Å². The summed E-state index contributed by atoms with van der Waals surface area (Å²) in [5.74, 6) is 0.559. The number of benzene rings is 1. The fourth-order valence-corrected chi connectivity index (χ4v) is 4.12. The largest absolute Gasteiger partial charge is 0.371 e. The Bertz CT molecular complexity index is 557. The van der Waals surface area contributed by atoms with Crippen molar-refractivity contribution in [3.8, 4) is 0 Å². The van der Waals surface area contributed by atoms with Crippen molar-refractivity contribution in [2.24, 2.45) is 11.7 Å². The van der Waals surface area contributed by atoms with Crippen molar-refractivity contribution in [2.45, 2.75) is 44.1 Å². The molecule has 2 fully saturated rings. The van der Waals surface area contributed by atoms with E-state index in [0.29, 0.717) is 5.92 Å². The van der Waals surface area contributed by atoms with Gasteiger partial charge in [-0.3, -0.25) is 4.79 Å². The van der Waals surface area contributed by atoms with E-state index in [-0.39, 0.29) is 5.91 Å². The third kappa shape index (κ3) is 4.07. The average molecular weight is 380 g/mol. The van der Waals surface area contributed by atoms with Gasteiger partial charge in [-0.05, 0) is 43.4 Å². The molecule has 1 atom stereocenters. The van der Waals surface area contributed by atoms with Crippen LogP contribution in [-0.2, 0) is 4.79 Å². The molecule has 1 aliphatic carbocycles. The molecule has 5 heteroatoms. The standard InChI is InChI=1S/C18H26BrN3O/c19-15-5-4-6-16(11-15)22-10-7-14(13-22)12-21-17(23)18(20)8-2-1-3-9-18/h4-6,11,14H,1-3,7-10,12-13,20H2,(H,21,23). The summed E-state index contributed by atoms with van der Waals surface area (Å²) in [6, 6.07) is 8.40. The zero-order valence-corrected chi connectivity index (χ0v) is 15.1. The van der Waals surface area contributed by atoms with Gasteiger partial charge in [0.1, 0.15) is 0 Å². The number of carbonyl (C=O) groups is 1. The van der Waals surface area contributed by atoms with E-state index in [1.807, 2.05) is 6.07 Å². The van der Waals surface area contributed by atoms with Crippen molar-refractivity contribution in [1.82, 2.24) is 5.32 Å². The monoisotopic (exact) mass is 379 g/mol. The van der Waals surface area contributed by atoms with Crippen molar-refractivity contribution < 1.29 is 4.79 Å². The van der Waals surface area contributed by atoms with Crippen LogP contribution in [0.2, 0.25) is 0 Å². The summed E-state index contributed by atoms with van der Waals surface area (Å²) in [7, 11) is 0. The second-order valence-electron chi connectivity index (χ2n) is 7.01. The van der Waals surface area contributed by atoms with Gasteiger partial charge in [0, 0.05) is 29.8 Å². The number of nitrogens with zero attached hydrogens (tertiary/aromatic N) is 1. The van der Waals surface area contributed by atoms with Gasteiger partial charge in [0.05, 0.1) is 5.54 Å². The number of carbonyl (C=O) groups excluding carboxylic acids is 1. The average Bonchev–Trinajstić information content (AvgIpc) is 3.02.